The second-order valence-corrected chi connectivity index (χ2v) is 13.9. The van der Waals surface area contributed by atoms with E-state index in [-0.39, 0.29) is 10.8 Å². The van der Waals surface area contributed by atoms with Gasteiger partial charge in [-0.05, 0) is 70.5 Å². The Labute approximate surface area is 266 Å². The average molecular weight is 593 g/mol. The number of benzene rings is 4. The third-order valence-corrected chi connectivity index (χ3v) is 8.62. The Balaban J connectivity index is 1.20. The molecular weight excluding hydrogens is 552 g/mol. The van der Waals surface area contributed by atoms with Crippen LogP contribution in [0.2, 0.25) is 0 Å². The fourth-order valence-electron chi connectivity index (χ4n) is 6.23. The molecule has 0 aliphatic carbocycles. The minimum absolute atomic E-state index is 0.0211. The van der Waals surface area contributed by atoms with Gasteiger partial charge in [-0.3, -0.25) is 4.57 Å². The number of pyridine rings is 1. The highest BCUT2D eigenvalue weighted by atomic mass is 16.5. The van der Waals surface area contributed by atoms with Gasteiger partial charge in [-0.15, -0.1) is 0 Å². The molecule has 0 amide bonds. The Morgan fingerprint density at radius 3 is 2.18 bits per heavy atom. The van der Waals surface area contributed by atoms with E-state index < -0.39 is 0 Å². The third-order valence-electron chi connectivity index (χ3n) is 8.62. The first-order valence-corrected chi connectivity index (χ1v) is 15.7. The van der Waals surface area contributed by atoms with Crippen molar-refractivity contribution in [2.24, 2.45) is 0 Å². The number of ether oxygens (including phenoxy) is 1. The molecule has 5 heteroatoms. The number of fused-ring (bicyclic) bond motifs is 3. The first kappa shape index (κ1) is 28.7. The van der Waals surface area contributed by atoms with Crippen molar-refractivity contribution in [3.8, 4) is 17.3 Å². The van der Waals surface area contributed by atoms with Crippen LogP contribution in [-0.2, 0) is 10.8 Å². The summed E-state index contributed by atoms with van der Waals surface area (Å²) in [5.74, 6) is 2.49. The maximum atomic E-state index is 6.53. The van der Waals surface area contributed by atoms with E-state index in [4.69, 9.17) is 9.72 Å². The van der Waals surface area contributed by atoms with Crippen LogP contribution in [0.15, 0.2) is 122 Å². The number of nitrogens with zero attached hydrogens (tertiary/aromatic N) is 4. The third kappa shape index (κ3) is 5.44. The highest BCUT2D eigenvalue weighted by molar-refractivity contribution is 6.09. The van der Waals surface area contributed by atoms with Crippen LogP contribution >= 0.6 is 0 Å². The summed E-state index contributed by atoms with van der Waals surface area (Å²) < 4.78 is 8.78. The summed E-state index contributed by atoms with van der Waals surface area (Å²) in [7, 11) is 0. The van der Waals surface area contributed by atoms with Gasteiger partial charge >= 0.3 is 0 Å². The largest absolute Gasteiger partial charge is 0.457 e. The van der Waals surface area contributed by atoms with Crippen LogP contribution in [0.4, 0.5) is 11.4 Å². The van der Waals surface area contributed by atoms with Gasteiger partial charge in [0.05, 0.1) is 17.7 Å². The van der Waals surface area contributed by atoms with Crippen LogP contribution < -0.4 is 14.5 Å². The van der Waals surface area contributed by atoms with Crippen molar-refractivity contribution >= 4 is 33.2 Å². The first-order valence-electron chi connectivity index (χ1n) is 15.7. The molecule has 0 N–H and O–H groups in total. The average Bonchev–Trinajstić information content (AvgIpc) is 3.64. The lowest BCUT2D eigenvalue weighted by atomic mass is 9.85. The van der Waals surface area contributed by atoms with Gasteiger partial charge in [-0.2, -0.15) is 0 Å². The minimum Gasteiger partial charge on any atom is -0.457 e. The molecule has 45 heavy (non-hydrogen) atoms. The van der Waals surface area contributed by atoms with E-state index in [1.807, 2.05) is 12.3 Å². The Bertz CT molecular complexity index is 2060. The van der Waals surface area contributed by atoms with E-state index in [0.29, 0.717) is 0 Å². The molecule has 6 aromatic rings. The second kappa shape index (κ2) is 10.8. The molecule has 0 spiro atoms. The molecule has 3 heterocycles. The van der Waals surface area contributed by atoms with Gasteiger partial charge < -0.3 is 14.5 Å². The van der Waals surface area contributed by atoms with Gasteiger partial charge in [0, 0.05) is 52.9 Å². The van der Waals surface area contributed by atoms with Crippen LogP contribution in [0.25, 0.3) is 27.6 Å². The van der Waals surface area contributed by atoms with Gasteiger partial charge in [0.15, 0.2) is 0 Å². The number of anilines is 2. The normalized spacial score (nSPS) is 13.7. The molecule has 5 nitrogen and oxygen atoms in total. The van der Waals surface area contributed by atoms with Gasteiger partial charge in [-0.25, -0.2) is 4.98 Å². The molecule has 1 aliphatic rings. The molecular formula is C40H40N4O. The highest BCUT2D eigenvalue weighted by Crippen LogP contribution is 2.37. The number of hydrogen-bond donors (Lipinski definition) is 0. The van der Waals surface area contributed by atoms with Crippen molar-refractivity contribution in [2.75, 3.05) is 16.5 Å². The predicted molar refractivity (Wildman–Crippen MR) is 188 cm³/mol. The zero-order valence-corrected chi connectivity index (χ0v) is 27.0. The van der Waals surface area contributed by atoms with E-state index in [1.54, 1.807) is 0 Å². The summed E-state index contributed by atoms with van der Waals surface area (Å²) in [6.07, 6.45) is 6.22. The summed E-state index contributed by atoms with van der Waals surface area (Å²) in [5.41, 5.74) is 7.18. The van der Waals surface area contributed by atoms with Crippen LogP contribution in [0.1, 0.15) is 52.7 Å². The topological polar surface area (TPSA) is 33.5 Å². The monoisotopic (exact) mass is 592 g/mol. The Hall–Kier alpha value is -5.03. The van der Waals surface area contributed by atoms with Gasteiger partial charge in [0.1, 0.15) is 17.3 Å². The number of rotatable bonds is 5. The van der Waals surface area contributed by atoms with E-state index in [2.05, 4.69) is 165 Å². The van der Waals surface area contributed by atoms with Crippen LogP contribution in [0.5, 0.6) is 11.5 Å². The van der Waals surface area contributed by atoms with Crippen LogP contribution in [0.3, 0.4) is 0 Å². The molecule has 4 aromatic carbocycles. The summed E-state index contributed by atoms with van der Waals surface area (Å²) >= 11 is 0. The van der Waals surface area contributed by atoms with Crippen LogP contribution in [-0.4, -0.2) is 16.2 Å². The quantitative estimate of drug-likeness (QED) is 0.199. The molecule has 0 atom stereocenters. The second-order valence-electron chi connectivity index (χ2n) is 13.9. The Morgan fingerprint density at radius 2 is 1.36 bits per heavy atom. The maximum Gasteiger partial charge on any atom is 0.137 e. The smallest absolute Gasteiger partial charge is 0.137 e. The molecule has 0 fully saturated rings. The molecule has 226 valence electrons. The number of hydrogen-bond acceptors (Lipinski definition) is 4. The summed E-state index contributed by atoms with van der Waals surface area (Å²) in [6, 6.07) is 36.2. The zero-order valence-electron chi connectivity index (χ0n) is 27.0. The van der Waals surface area contributed by atoms with E-state index in [9.17, 15) is 0 Å². The fraction of sp³-hybridized carbons (Fsp3) is 0.225. The van der Waals surface area contributed by atoms with Gasteiger partial charge in [0.25, 0.3) is 0 Å². The van der Waals surface area contributed by atoms with Crippen molar-refractivity contribution in [3.63, 3.8) is 0 Å². The number of para-hydroxylation sites is 2. The Kier molecular flexibility index (Phi) is 6.92. The lowest BCUT2D eigenvalue weighted by Crippen LogP contribution is -2.27. The Morgan fingerprint density at radius 1 is 0.622 bits per heavy atom. The predicted octanol–water partition coefficient (Wildman–Crippen LogP) is 10.3. The number of aromatic nitrogens is 2. The van der Waals surface area contributed by atoms with E-state index in [0.717, 1.165) is 40.7 Å². The van der Waals surface area contributed by atoms with Gasteiger partial charge in [0.2, 0.25) is 0 Å². The molecule has 0 saturated carbocycles. The van der Waals surface area contributed by atoms with E-state index >= 15 is 0 Å². The summed E-state index contributed by atoms with van der Waals surface area (Å²) in [5, 5.41) is 2.37. The van der Waals surface area contributed by atoms with Crippen molar-refractivity contribution in [3.05, 3.63) is 133 Å². The van der Waals surface area contributed by atoms with Crippen molar-refractivity contribution in [1.82, 2.24) is 9.55 Å². The van der Waals surface area contributed by atoms with Crippen molar-refractivity contribution in [1.29, 1.82) is 0 Å². The van der Waals surface area contributed by atoms with Gasteiger partial charge in [-0.1, -0.05) is 84.0 Å². The minimum atomic E-state index is 0.0211. The summed E-state index contributed by atoms with van der Waals surface area (Å²) in [6.45, 7) is 14.2. The van der Waals surface area contributed by atoms with E-state index in [1.165, 1.54) is 27.6 Å². The molecule has 0 saturated heterocycles. The molecule has 7 rings (SSSR count). The van der Waals surface area contributed by atoms with Crippen LogP contribution in [0, 0.1) is 0 Å². The van der Waals surface area contributed by atoms with Crippen molar-refractivity contribution < 1.29 is 4.74 Å². The van der Waals surface area contributed by atoms with Crippen molar-refractivity contribution in [2.45, 2.75) is 52.4 Å². The molecule has 1 aliphatic heterocycles. The lowest BCUT2D eigenvalue weighted by molar-refractivity contribution is 0.483. The first-order chi connectivity index (χ1) is 21.6. The highest BCUT2D eigenvalue weighted by Gasteiger charge is 2.24. The zero-order chi connectivity index (χ0) is 31.3. The molecule has 0 radical (unpaired) electrons. The molecule has 0 unspecified atom stereocenters. The standard InChI is InChI=1S/C40H40N4O/c1-39(2,3)28-20-21-41-38(24-28)44-35-16-9-7-14-32(35)33-19-18-31(26-37(33)44)45-30-13-11-12-29(25-30)42-22-23-43(27-42)36-17-10-8-15-34(36)40(4,5)6/h7-26H,27H2,1-6H3. The summed E-state index contributed by atoms with van der Waals surface area (Å²) in [4.78, 5) is 9.38. The maximum absolute atomic E-state index is 6.53. The molecule has 2 aromatic heterocycles. The SMILES string of the molecule is CC(C)(C)c1ccnc(-n2c3ccccc3c3ccc(Oc4cccc(N5C=CN(c6ccccc6C(C)(C)C)C5)c4)cc32)c1. The molecule has 0 bridgehead atoms. The lowest BCUT2D eigenvalue weighted by Gasteiger charge is -2.28. The fourth-order valence-corrected chi connectivity index (χ4v) is 6.23.